The molecule has 0 aliphatic rings. The van der Waals surface area contributed by atoms with Crippen molar-refractivity contribution in [3.05, 3.63) is 95.8 Å². The van der Waals surface area contributed by atoms with Crippen LogP contribution in [0, 0.1) is 5.82 Å². The summed E-state index contributed by atoms with van der Waals surface area (Å²) >= 11 is 0. The Balaban J connectivity index is 1.53. The summed E-state index contributed by atoms with van der Waals surface area (Å²) in [5.74, 6) is -1.75. The summed E-state index contributed by atoms with van der Waals surface area (Å²) in [6.45, 7) is 2.31. The fraction of sp³-hybridized carbons (Fsp3) is 0.192. The van der Waals surface area contributed by atoms with Gasteiger partial charge in [0, 0.05) is 5.56 Å². The van der Waals surface area contributed by atoms with Crippen molar-refractivity contribution < 1.29 is 23.9 Å². The zero-order valence-electron chi connectivity index (χ0n) is 17.9. The van der Waals surface area contributed by atoms with Gasteiger partial charge in [-0.15, -0.1) is 0 Å². The van der Waals surface area contributed by atoms with E-state index < -0.39 is 18.2 Å². The van der Waals surface area contributed by atoms with Crippen LogP contribution in [0.2, 0.25) is 0 Å². The number of hydrogen-bond donors (Lipinski definition) is 2. The number of hydrogen-bond acceptors (Lipinski definition) is 4. The largest absolute Gasteiger partial charge is 0.488 e. The standard InChI is InChI=1S/C26H26FNO4/c1-2-7-23(21-14-12-20(13-15-21)19-8-4-3-5-9-19)28-32-17-16-31-24-11-6-10-22(26(24)27)18-25(29)30/h3-15,28H,2,16-18H2,1H3,(H,29,30). The van der Waals surface area contributed by atoms with E-state index in [9.17, 15) is 9.18 Å². The topological polar surface area (TPSA) is 67.8 Å². The summed E-state index contributed by atoms with van der Waals surface area (Å²) in [4.78, 5) is 16.3. The molecule has 0 amide bonds. The van der Waals surface area contributed by atoms with E-state index in [-0.39, 0.29) is 24.5 Å². The third-order valence-electron chi connectivity index (χ3n) is 4.72. The molecule has 2 N–H and O–H groups in total. The van der Waals surface area contributed by atoms with Crippen molar-refractivity contribution in [2.45, 2.75) is 19.8 Å². The SMILES string of the molecule is CCC=C(NOCCOc1cccc(CC(=O)O)c1F)c1ccc(-c2ccccc2)cc1. The zero-order chi connectivity index (χ0) is 22.8. The number of benzene rings is 3. The Labute approximate surface area is 187 Å². The van der Waals surface area contributed by atoms with Crippen molar-refractivity contribution >= 4 is 11.7 Å². The highest BCUT2D eigenvalue weighted by Crippen LogP contribution is 2.22. The van der Waals surface area contributed by atoms with E-state index in [1.54, 1.807) is 6.07 Å². The quantitative estimate of drug-likeness (QED) is 0.309. The summed E-state index contributed by atoms with van der Waals surface area (Å²) in [6.07, 6.45) is 2.45. The van der Waals surface area contributed by atoms with Crippen LogP contribution in [0.25, 0.3) is 16.8 Å². The number of ether oxygens (including phenoxy) is 1. The molecule has 6 heteroatoms. The molecule has 0 heterocycles. The second kappa shape index (κ2) is 11.7. The molecule has 5 nitrogen and oxygen atoms in total. The van der Waals surface area contributed by atoms with E-state index in [1.165, 1.54) is 12.1 Å². The Morgan fingerprint density at radius 2 is 1.69 bits per heavy atom. The predicted octanol–water partition coefficient (Wildman–Crippen LogP) is 5.47. The van der Waals surface area contributed by atoms with E-state index in [2.05, 4.69) is 29.7 Å². The highest BCUT2D eigenvalue weighted by Gasteiger charge is 2.12. The van der Waals surface area contributed by atoms with Gasteiger partial charge < -0.3 is 9.84 Å². The molecule has 0 radical (unpaired) electrons. The Morgan fingerprint density at radius 3 is 2.38 bits per heavy atom. The van der Waals surface area contributed by atoms with Crippen molar-refractivity contribution in [1.82, 2.24) is 5.48 Å². The molecular weight excluding hydrogens is 409 g/mol. The molecule has 0 atom stereocenters. The molecule has 0 aliphatic carbocycles. The molecule has 0 aromatic heterocycles. The highest BCUT2D eigenvalue weighted by molar-refractivity contribution is 5.70. The van der Waals surface area contributed by atoms with Crippen molar-refractivity contribution in [2.75, 3.05) is 13.2 Å². The number of hydroxylamine groups is 1. The second-order valence-corrected chi connectivity index (χ2v) is 7.07. The van der Waals surface area contributed by atoms with Gasteiger partial charge in [0.1, 0.15) is 13.2 Å². The van der Waals surface area contributed by atoms with Gasteiger partial charge in [0.2, 0.25) is 0 Å². The van der Waals surface area contributed by atoms with Crippen molar-refractivity contribution in [1.29, 1.82) is 0 Å². The Hall–Kier alpha value is -3.64. The number of carboxylic acids is 1. The second-order valence-electron chi connectivity index (χ2n) is 7.07. The molecule has 0 bridgehead atoms. The smallest absolute Gasteiger partial charge is 0.307 e. The minimum atomic E-state index is -1.10. The first-order chi connectivity index (χ1) is 15.6. The Kier molecular flexibility index (Phi) is 8.40. The summed E-state index contributed by atoms with van der Waals surface area (Å²) in [6, 6.07) is 22.8. The number of aliphatic carboxylic acids is 1. The third-order valence-corrected chi connectivity index (χ3v) is 4.72. The first-order valence-corrected chi connectivity index (χ1v) is 10.4. The summed E-state index contributed by atoms with van der Waals surface area (Å²) in [5, 5.41) is 8.85. The molecule has 3 aromatic rings. The molecule has 0 aliphatic heterocycles. The van der Waals surface area contributed by atoms with Crippen LogP contribution in [0.15, 0.2) is 78.9 Å². The predicted molar refractivity (Wildman–Crippen MR) is 122 cm³/mol. The van der Waals surface area contributed by atoms with Crippen LogP contribution in [-0.4, -0.2) is 24.3 Å². The first kappa shape index (κ1) is 23.0. The lowest BCUT2D eigenvalue weighted by atomic mass is 10.0. The molecule has 166 valence electrons. The molecule has 0 saturated carbocycles. The minimum Gasteiger partial charge on any atom is -0.488 e. The van der Waals surface area contributed by atoms with Gasteiger partial charge >= 0.3 is 5.97 Å². The number of allylic oxidation sites excluding steroid dienone is 1. The number of nitrogens with one attached hydrogen (secondary N) is 1. The van der Waals surface area contributed by atoms with Crippen LogP contribution in [0.5, 0.6) is 5.75 Å². The van der Waals surface area contributed by atoms with Gasteiger partial charge in [0.15, 0.2) is 11.6 Å². The Bertz CT molecular complexity index is 1050. The van der Waals surface area contributed by atoms with Gasteiger partial charge in [0.25, 0.3) is 0 Å². The average Bonchev–Trinajstić information content (AvgIpc) is 2.81. The summed E-state index contributed by atoms with van der Waals surface area (Å²) in [5.41, 5.74) is 7.13. The van der Waals surface area contributed by atoms with Crippen molar-refractivity contribution in [3.63, 3.8) is 0 Å². The highest BCUT2D eigenvalue weighted by atomic mass is 19.1. The molecule has 32 heavy (non-hydrogen) atoms. The molecule has 3 rings (SSSR count). The number of carboxylic acid groups (broad SMARTS) is 1. The molecule has 0 unspecified atom stereocenters. The number of carbonyl (C=O) groups is 1. The average molecular weight is 435 g/mol. The third kappa shape index (κ3) is 6.43. The zero-order valence-corrected chi connectivity index (χ0v) is 17.9. The summed E-state index contributed by atoms with van der Waals surface area (Å²) < 4.78 is 19.7. The van der Waals surface area contributed by atoms with Gasteiger partial charge in [-0.3, -0.25) is 15.1 Å². The fourth-order valence-electron chi connectivity index (χ4n) is 3.18. The van der Waals surface area contributed by atoms with Gasteiger partial charge in [-0.2, -0.15) is 0 Å². The lowest BCUT2D eigenvalue weighted by Gasteiger charge is -2.13. The number of halogens is 1. The van der Waals surface area contributed by atoms with Gasteiger partial charge in [-0.25, -0.2) is 4.39 Å². The maximum atomic E-state index is 14.3. The maximum absolute atomic E-state index is 14.3. The van der Waals surface area contributed by atoms with E-state index in [1.807, 2.05) is 43.3 Å². The Morgan fingerprint density at radius 1 is 0.969 bits per heavy atom. The molecule has 0 spiro atoms. The fourth-order valence-corrected chi connectivity index (χ4v) is 3.18. The maximum Gasteiger partial charge on any atom is 0.307 e. The molecule has 3 aromatic carbocycles. The van der Waals surface area contributed by atoms with Crippen LogP contribution >= 0.6 is 0 Å². The molecular formula is C26H26FNO4. The van der Waals surface area contributed by atoms with Gasteiger partial charge in [-0.05, 0) is 29.2 Å². The first-order valence-electron chi connectivity index (χ1n) is 10.4. The lowest BCUT2D eigenvalue weighted by molar-refractivity contribution is -0.136. The van der Waals surface area contributed by atoms with E-state index in [0.29, 0.717) is 0 Å². The van der Waals surface area contributed by atoms with Gasteiger partial charge in [0.05, 0.1) is 12.1 Å². The molecule has 0 fully saturated rings. The van der Waals surface area contributed by atoms with E-state index >= 15 is 0 Å². The van der Waals surface area contributed by atoms with Crippen molar-refractivity contribution in [2.24, 2.45) is 0 Å². The summed E-state index contributed by atoms with van der Waals surface area (Å²) in [7, 11) is 0. The lowest BCUT2D eigenvalue weighted by Crippen LogP contribution is -2.18. The van der Waals surface area contributed by atoms with Crippen LogP contribution in [0.1, 0.15) is 24.5 Å². The monoisotopic (exact) mass is 435 g/mol. The molecule has 0 saturated heterocycles. The van der Waals surface area contributed by atoms with Crippen molar-refractivity contribution in [3.8, 4) is 16.9 Å². The van der Waals surface area contributed by atoms with E-state index in [0.717, 1.165) is 28.8 Å². The van der Waals surface area contributed by atoms with Crippen LogP contribution in [0.4, 0.5) is 4.39 Å². The van der Waals surface area contributed by atoms with Gasteiger partial charge in [-0.1, -0.05) is 79.7 Å². The normalized spacial score (nSPS) is 11.2. The minimum absolute atomic E-state index is 0.00757. The van der Waals surface area contributed by atoms with Crippen LogP contribution < -0.4 is 10.2 Å². The van der Waals surface area contributed by atoms with E-state index in [4.69, 9.17) is 14.7 Å². The van der Waals surface area contributed by atoms with Crippen LogP contribution in [0.3, 0.4) is 0 Å². The van der Waals surface area contributed by atoms with Crippen LogP contribution in [-0.2, 0) is 16.1 Å². The number of rotatable bonds is 11.